The maximum Gasteiger partial charge on any atom is 0.118 e. The Morgan fingerprint density at radius 1 is 1.15 bits per heavy atom. The number of nitrogens with zero attached hydrogens (tertiary/aromatic N) is 1. The maximum absolute atomic E-state index is 8.92. The van der Waals surface area contributed by atoms with Crippen molar-refractivity contribution in [3.8, 4) is 11.8 Å². The van der Waals surface area contributed by atoms with Crippen LogP contribution in [-0.2, 0) is 6.42 Å². The summed E-state index contributed by atoms with van der Waals surface area (Å²) in [6, 6.07) is 10.6. The Kier molecular flexibility index (Phi) is 7.11. The summed E-state index contributed by atoms with van der Waals surface area (Å²) < 4.78 is 5.14. The third-order valence-corrected chi connectivity index (χ3v) is 3.46. The molecule has 1 aromatic rings. The van der Waals surface area contributed by atoms with E-state index in [0.29, 0.717) is 0 Å². The van der Waals surface area contributed by atoms with Crippen LogP contribution in [0.2, 0.25) is 0 Å². The lowest BCUT2D eigenvalue weighted by Gasteiger charge is -2.14. The van der Waals surface area contributed by atoms with Gasteiger partial charge in [-0.1, -0.05) is 18.6 Å². The van der Waals surface area contributed by atoms with Crippen molar-refractivity contribution in [2.75, 3.05) is 20.2 Å². The summed E-state index contributed by atoms with van der Waals surface area (Å²) in [4.78, 5) is 0. The van der Waals surface area contributed by atoms with Crippen molar-refractivity contribution < 1.29 is 4.74 Å². The van der Waals surface area contributed by atoms with Gasteiger partial charge in [0.05, 0.1) is 18.6 Å². The molecule has 0 aliphatic carbocycles. The van der Waals surface area contributed by atoms with Gasteiger partial charge in [0.25, 0.3) is 0 Å². The van der Waals surface area contributed by atoms with Crippen molar-refractivity contribution in [2.45, 2.75) is 39.5 Å². The van der Waals surface area contributed by atoms with Gasteiger partial charge in [-0.05, 0) is 63.9 Å². The summed E-state index contributed by atoms with van der Waals surface area (Å²) >= 11 is 0. The smallest absolute Gasteiger partial charge is 0.118 e. The monoisotopic (exact) mass is 274 g/mol. The first-order valence-electron chi connectivity index (χ1n) is 7.32. The molecule has 0 amide bonds. The Morgan fingerprint density at radius 2 is 1.85 bits per heavy atom. The number of hydrogen-bond acceptors (Lipinski definition) is 3. The van der Waals surface area contributed by atoms with Crippen LogP contribution in [0.5, 0.6) is 5.75 Å². The molecule has 1 aromatic carbocycles. The summed E-state index contributed by atoms with van der Waals surface area (Å²) in [7, 11) is 1.68. The highest BCUT2D eigenvalue weighted by Gasteiger charge is 2.14. The molecule has 0 heterocycles. The fourth-order valence-electron chi connectivity index (χ4n) is 2.02. The number of nitriles is 1. The lowest BCUT2D eigenvalue weighted by Crippen LogP contribution is -2.19. The van der Waals surface area contributed by atoms with Gasteiger partial charge in [-0.15, -0.1) is 0 Å². The zero-order valence-corrected chi connectivity index (χ0v) is 12.9. The molecular weight excluding hydrogens is 248 g/mol. The molecule has 3 nitrogen and oxygen atoms in total. The first-order valence-corrected chi connectivity index (χ1v) is 7.32. The number of benzene rings is 1. The van der Waals surface area contributed by atoms with E-state index in [4.69, 9.17) is 10.00 Å². The molecule has 20 heavy (non-hydrogen) atoms. The van der Waals surface area contributed by atoms with Crippen LogP contribution in [0.3, 0.4) is 0 Å². The van der Waals surface area contributed by atoms with Crippen LogP contribution in [0.25, 0.3) is 0 Å². The molecule has 0 bridgehead atoms. The van der Waals surface area contributed by atoms with Gasteiger partial charge in [-0.2, -0.15) is 5.26 Å². The van der Waals surface area contributed by atoms with Crippen molar-refractivity contribution in [2.24, 2.45) is 5.41 Å². The van der Waals surface area contributed by atoms with Gasteiger partial charge in [0.15, 0.2) is 0 Å². The van der Waals surface area contributed by atoms with Gasteiger partial charge in [0.2, 0.25) is 0 Å². The molecule has 0 saturated heterocycles. The Labute approximate surface area is 123 Å². The van der Waals surface area contributed by atoms with Crippen LogP contribution in [0.15, 0.2) is 24.3 Å². The molecule has 0 spiro atoms. The van der Waals surface area contributed by atoms with E-state index in [1.54, 1.807) is 7.11 Å². The van der Waals surface area contributed by atoms with E-state index in [1.165, 1.54) is 5.56 Å². The number of methoxy groups -OCH3 is 1. The average molecular weight is 274 g/mol. The summed E-state index contributed by atoms with van der Waals surface area (Å²) in [5.41, 5.74) is 1.15. The first kappa shape index (κ1) is 16.5. The van der Waals surface area contributed by atoms with Gasteiger partial charge in [0, 0.05) is 0 Å². The number of rotatable bonds is 9. The quantitative estimate of drug-likeness (QED) is 0.700. The molecule has 0 radical (unpaired) electrons. The van der Waals surface area contributed by atoms with E-state index < -0.39 is 0 Å². The first-order chi connectivity index (χ1) is 9.57. The largest absolute Gasteiger partial charge is 0.497 e. The van der Waals surface area contributed by atoms with E-state index in [0.717, 1.165) is 44.5 Å². The van der Waals surface area contributed by atoms with Crippen LogP contribution in [-0.4, -0.2) is 20.2 Å². The highest BCUT2D eigenvalue weighted by molar-refractivity contribution is 5.27. The highest BCUT2D eigenvalue weighted by Crippen LogP contribution is 2.21. The minimum Gasteiger partial charge on any atom is -0.497 e. The zero-order chi connectivity index (χ0) is 14.8. The zero-order valence-electron chi connectivity index (χ0n) is 12.9. The van der Waals surface area contributed by atoms with Crippen molar-refractivity contribution in [1.82, 2.24) is 5.32 Å². The highest BCUT2D eigenvalue weighted by atomic mass is 16.5. The molecule has 3 heteroatoms. The molecule has 1 rings (SSSR count). The summed E-state index contributed by atoms with van der Waals surface area (Å²) in [5.74, 6) is 0.904. The van der Waals surface area contributed by atoms with Crippen LogP contribution < -0.4 is 10.1 Å². The van der Waals surface area contributed by atoms with Crippen LogP contribution in [0.4, 0.5) is 0 Å². The Bertz CT molecular complexity index is 418. The molecule has 0 aliphatic rings. The second-order valence-electron chi connectivity index (χ2n) is 5.80. The van der Waals surface area contributed by atoms with Gasteiger partial charge in [0.1, 0.15) is 5.75 Å². The average Bonchev–Trinajstić information content (AvgIpc) is 2.47. The molecule has 0 fully saturated rings. The Balaban J connectivity index is 2.06. The van der Waals surface area contributed by atoms with E-state index in [9.17, 15) is 0 Å². The number of ether oxygens (including phenoxy) is 1. The standard InChI is InChI=1S/C17H26N2O/c1-17(2,14-18)11-4-5-12-19-13-10-15-6-8-16(20-3)9-7-15/h6-9,19H,4-5,10-13H2,1-3H3. The van der Waals surface area contributed by atoms with Crippen molar-refractivity contribution in [3.05, 3.63) is 29.8 Å². The van der Waals surface area contributed by atoms with Crippen molar-refractivity contribution >= 4 is 0 Å². The van der Waals surface area contributed by atoms with E-state index in [-0.39, 0.29) is 5.41 Å². The molecule has 0 aromatic heterocycles. The minimum atomic E-state index is -0.177. The number of unbranched alkanes of at least 4 members (excludes halogenated alkanes) is 1. The second kappa shape index (κ2) is 8.60. The van der Waals surface area contributed by atoms with Crippen molar-refractivity contribution in [3.63, 3.8) is 0 Å². The molecule has 0 aliphatic heterocycles. The summed E-state index contributed by atoms with van der Waals surface area (Å²) in [6.45, 7) is 6.03. The maximum atomic E-state index is 8.92. The third-order valence-electron chi connectivity index (χ3n) is 3.46. The lowest BCUT2D eigenvalue weighted by atomic mass is 9.89. The fourth-order valence-corrected chi connectivity index (χ4v) is 2.02. The lowest BCUT2D eigenvalue weighted by molar-refractivity contribution is 0.414. The SMILES string of the molecule is COc1ccc(CCNCCCCC(C)(C)C#N)cc1. The fraction of sp³-hybridized carbons (Fsp3) is 0.588. The summed E-state index contributed by atoms with van der Waals surface area (Å²) in [6.07, 6.45) is 4.25. The van der Waals surface area contributed by atoms with Gasteiger partial charge >= 0.3 is 0 Å². The third kappa shape index (κ3) is 6.58. The van der Waals surface area contributed by atoms with E-state index >= 15 is 0 Å². The predicted molar refractivity (Wildman–Crippen MR) is 82.8 cm³/mol. The van der Waals surface area contributed by atoms with E-state index in [2.05, 4.69) is 23.5 Å². The number of hydrogen-bond donors (Lipinski definition) is 1. The van der Waals surface area contributed by atoms with E-state index in [1.807, 2.05) is 26.0 Å². The molecule has 1 N–H and O–H groups in total. The minimum absolute atomic E-state index is 0.177. The van der Waals surface area contributed by atoms with Crippen LogP contribution in [0.1, 0.15) is 38.7 Å². The number of nitrogens with one attached hydrogen (secondary N) is 1. The molecule has 0 saturated carbocycles. The molecule has 0 atom stereocenters. The Hall–Kier alpha value is -1.53. The predicted octanol–water partition coefficient (Wildman–Crippen LogP) is 3.55. The van der Waals surface area contributed by atoms with Crippen molar-refractivity contribution in [1.29, 1.82) is 5.26 Å². The molecule has 110 valence electrons. The second-order valence-corrected chi connectivity index (χ2v) is 5.80. The van der Waals surface area contributed by atoms with Gasteiger partial charge < -0.3 is 10.1 Å². The molecule has 0 unspecified atom stereocenters. The summed E-state index contributed by atoms with van der Waals surface area (Å²) in [5, 5.41) is 12.4. The van der Waals surface area contributed by atoms with Gasteiger partial charge in [-0.25, -0.2) is 0 Å². The molecular formula is C17H26N2O. The Morgan fingerprint density at radius 3 is 2.45 bits per heavy atom. The van der Waals surface area contributed by atoms with Gasteiger partial charge in [-0.3, -0.25) is 0 Å². The topological polar surface area (TPSA) is 45.0 Å². The normalized spacial score (nSPS) is 11.1. The van der Waals surface area contributed by atoms with Crippen LogP contribution in [0, 0.1) is 16.7 Å². The van der Waals surface area contributed by atoms with Crippen LogP contribution >= 0.6 is 0 Å².